The number of aryl methyl sites for hydroxylation is 1. The molecule has 0 atom stereocenters. The van der Waals surface area contributed by atoms with Gasteiger partial charge in [-0.05, 0) is 55.0 Å². The Labute approximate surface area is 163 Å². The Morgan fingerprint density at radius 1 is 1.04 bits per heavy atom. The number of halogens is 1. The highest BCUT2D eigenvalue weighted by atomic mass is 35.5. The topological polar surface area (TPSA) is 68.3 Å². The largest absolute Gasteiger partial charge is 0.497 e. The normalized spacial score (nSPS) is 10.3. The standard InChI is InChI=1S/C20H21ClN4O2/c1-14-3-4-15(13-18(14)21)24-19-9-10-22-20(25-19)23-11-12-27-17-7-5-16(26-2)6-8-17/h3-10,13H,11-12H2,1-2H3,(H2,22,23,24,25). The highest BCUT2D eigenvalue weighted by molar-refractivity contribution is 6.31. The zero-order valence-electron chi connectivity index (χ0n) is 15.2. The molecule has 3 aromatic rings. The molecule has 0 fully saturated rings. The van der Waals surface area contributed by atoms with Crippen LogP contribution in [0.3, 0.4) is 0 Å². The van der Waals surface area contributed by atoms with Crippen LogP contribution in [0.1, 0.15) is 5.56 Å². The van der Waals surface area contributed by atoms with Crippen LogP contribution in [0.4, 0.5) is 17.5 Å². The molecule has 0 aliphatic rings. The van der Waals surface area contributed by atoms with Crippen molar-refractivity contribution in [2.45, 2.75) is 6.92 Å². The van der Waals surface area contributed by atoms with Crippen molar-refractivity contribution >= 4 is 29.1 Å². The minimum absolute atomic E-state index is 0.487. The quantitative estimate of drug-likeness (QED) is 0.549. The van der Waals surface area contributed by atoms with Gasteiger partial charge in [-0.2, -0.15) is 4.98 Å². The average molecular weight is 385 g/mol. The minimum atomic E-state index is 0.487. The predicted octanol–water partition coefficient (Wildman–Crippen LogP) is 4.68. The van der Waals surface area contributed by atoms with Crippen LogP contribution in [0.5, 0.6) is 11.5 Å². The van der Waals surface area contributed by atoms with Gasteiger partial charge in [0.1, 0.15) is 23.9 Å². The number of aromatic nitrogens is 2. The molecule has 0 amide bonds. The molecule has 2 aromatic carbocycles. The molecule has 0 bridgehead atoms. The van der Waals surface area contributed by atoms with E-state index < -0.39 is 0 Å². The number of hydrogen-bond donors (Lipinski definition) is 2. The maximum absolute atomic E-state index is 6.16. The molecule has 3 rings (SSSR count). The van der Waals surface area contributed by atoms with Gasteiger partial charge in [0, 0.05) is 16.9 Å². The predicted molar refractivity (Wildman–Crippen MR) is 108 cm³/mol. The number of hydrogen-bond acceptors (Lipinski definition) is 6. The number of nitrogens with zero attached hydrogens (tertiary/aromatic N) is 2. The van der Waals surface area contributed by atoms with E-state index in [1.807, 2.05) is 49.4 Å². The lowest BCUT2D eigenvalue weighted by molar-refractivity contribution is 0.331. The fourth-order valence-corrected chi connectivity index (χ4v) is 2.52. The van der Waals surface area contributed by atoms with Gasteiger partial charge in [0.05, 0.1) is 13.7 Å². The molecule has 6 nitrogen and oxygen atoms in total. The number of anilines is 3. The molecular formula is C20H21ClN4O2. The minimum Gasteiger partial charge on any atom is -0.497 e. The van der Waals surface area contributed by atoms with E-state index in [0.29, 0.717) is 29.9 Å². The second-order valence-electron chi connectivity index (χ2n) is 5.81. The number of nitrogens with one attached hydrogen (secondary N) is 2. The van der Waals surface area contributed by atoms with Gasteiger partial charge in [-0.25, -0.2) is 4.98 Å². The molecule has 0 saturated heterocycles. The summed E-state index contributed by atoms with van der Waals surface area (Å²) in [6.45, 7) is 3.03. The van der Waals surface area contributed by atoms with Gasteiger partial charge < -0.3 is 20.1 Å². The van der Waals surface area contributed by atoms with Crippen LogP contribution >= 0.6 is 11.6 Å². The fraction of sp³-hybridized carbons (Fsp3) is 0.200. The van der Waals surface area contributed by atoms with E-state index in [4.69, 9.17) is 21.1 Å². The van der Waals surface area contributed by atoms with Crippen LogP contribution in [0.15, 0.2) is 54.7 Å². The molecule has 1 aromatic heterocycles. The van der Waals surface area contributed by atoms with Crippen molar-refractivity contribution in [3.63, 3.8) is 0 Å². The van der Waals surface area contributed by atoms with Crippen LogP contribution in [-0.4, -0.2) is 30.2 Å². The number of benzene rings is 2. The zero-order valence-corrected chi connectivity index (χ0v) is 16.0. The Morgan fingerprint density at radius 3 is 2.56 bits per heavy atom. The van der Waals surface area contributed by atoms with Gasteiger partial charge in [-0.15, -0.1) is 0 Å². The second-order valence-corrected chi connectivity index (χ2v) is 6.21. The molecule has 0 unspecified atom stereocenters. The van der Waals surface area contributed by atoms with E-state index in [0.717, 1.165) is 22.7 Å². The molecule has 7 heteroatoms. The highest BCUT2D eigenvalue weighted by Gasteiger charge is 2.02. The van der Waals surface area contributed by atoms with E-state index in [-0.39, 0.29) is 0 Å². The van der Waals surface area contributed by atoms with Crippen molar-refractivity contribution < 1.29 is 9.47 Å². The summed E-state index contributed by atoms with van der Waals surface area (Å²) in [5.41, 5.74) is 1.90. The van der Waals surface area contributed by atoms with Gasteiger partial charge in [0.25, 0.3) is 0 Å². The van der Waals surface area contributed by atoms with E-state index in [1.165, 1.54) is 0 Å². The van der Waals surface area contributed by atoms with Crippen LogP contribution in [0.2, 0.25) is 5.02 Å². The molecular weight excluding hydrogens is 364 g/mol. The highest BCUT2D eigenvalue weighted by Crippen LogP contribution is 2.22. The van der Waals surface area contributed by atoms with Crippen molar-refractivity contribution in [1.29, 1.82) is 0 Å². The molecule has 2 N–H and O–H groups in total. The lowest BCUT2D eigenvalue weighted by Gasteiger charge is -2.10. The number of methoxy groups -OCH3 is 1. The molecule has 1 heterocycles. The Morgan fingerprint density at radius 2 is 1.81 bits per heavy atom. The van der Waals surface area contributed by atoms with Crippen molar-refractivity contribution in [2.24, 2.45) is 0 Å². The first-order valence-corrected chi connectivity index (χ1v) is 8.89. The number of rotatable bonds is 8. The van der Waals surface area contributed by atoms with Gasteiger partial charge in [-0.1, -0.05) is 17.7 Å². The van der Waals surface area contributed by atoms with Gasteiger partial charge >= 0.3 is 0 Å². The molecule has 0 spiro atoms. The first-order chi connectivity index (χ1) is 13.1. The van der Waals surface area contributed by atoms with Gasteiger partial charge in [0.2, 0.25) is 5.95 Å². The first-order valence-electron chi connectivity index (χ1n) is 8.51. The zero-order chi connectivity index (χ0) is 19.1. The third kappa shape index (κ3) is 5.49. The van der Waals surface area contributed by atoms with Crippen molar-refractivity contribution in [3.05, 3.63) is 65.3 Å². The summed E-state index contributed by atoms with van der Waals surface area (Å²) >= 11 is 6.16. The Kier molecular flexibility index (Phi) is 6.33. The SMILES string of the molecule is COc1ccc(OCCNc2nccc(Nc3ccc(C)c(Cl)c3)n2)cc1. The van der Waals surface area contributed by atoms with Gasteiger partial charge in [0.15, 0.2) is 0 Å². The maximum Gasteiger partial charge on any atom is 0.224 e. The lowest BCUT2D eigenvalue weighted by Crippen LogP contribution is -2.13. The molecule has 140 valence electrons. The fourth-order valence-electron chi connectivity index (χ4n) is 2.34. The summed E-state index contributed by atoms with van der Waals surface area (Å²) in [6.07, 6.45) is 1.69. The summed E-state index contributed by atoms with van der Waals surface area (Å²) in [7, 11) is 1.64. The van der Waals surface area contributed by atoms with E-state index in [9.17, 15) is 0 Å². The van der Waals surface area contributed by atoms with E-state index in [2.05, 4.69) is 20.6 Å². The average Bonchev–Trinajstić information content (AvgIpc) is 2.69. The molecule has 0 radical (unpaired) electrons. The summed E-state index contributed by atoms with van der Waals surface area (Å²) < 4.78 is 10.8. The van der Waals surface area contributed by atoms with Crippen LogP contribution in [-0.2, 0) is 0 Å². The monoisotopic (exact) mass is 384 g/mol. The molecule has 27 heavy (non-hydrogen) atoms. The smallest absolute Gasteiger partial charge is 0.224 e. The summed E-state index contributed by atoms with van der Waals surface area (Å²) in [6, 6.07) is 15.0. The molecule has 0 aliphatic heterocycles. The number of ether oxygens (including phenoxy) is 2. The summed E-state index contributed by atoms with van der Waals surface area (Å²) in [4.78, 5) is 8.66. The Hall–Kier alpha value is -2.99. The first kappa shape index (κ1) is 18.8. The molecule has 0 aliphatic carbocycles. The van der Waals surface area contributed by atoms with Crippen molar-refractivity contribution in [2.75, 3.05) is 30.9 Å². The second kappa shape index (κ2) is 9.09. The third-order valence-electron chi connectivity index (χ3n) is 3.81. The summed E-state index contributed by atoms with van der Waals surface area (Å²) in [5, 5.41) is 7.08. The lowest BCUT2D eigenvalue weighted by atomic mass is 10.2. The summed E-state index contributed by atoms with van der Waals surface area (Å²) in [5.74, 6) is 2.79. The van der Waals surface area contributed by atoms with Crippen LogP contribution in [0.25, 0.3) is 0 Å². The Bertz CT molecular complexity index is 887. The third-order valence-corrected chi connectivity index (χ3v) is 4.22. The van der Waals surface area contributed by atoms with Crippen molar-refractivity contribution in [1.82, 2.24) is 9.97 Å². The van der Waals surface area contributed by atoms with E-state index in [1.54, 1.807) is 19.4 Å². The molecule has 0 saturated carbocycles. The van der Waals surface area contributed by atoms with Crippen LogP contribution < -0.4 is 20.1 Å². The van der Waals surface area contributed by atoms with Crippen molar-refractivity contribution in [3.8, 4) is 11.5 Å². The maximum atomic E-state index is 6.16. The van der Waals surface area contributed by atoms with E-state index >= 15 is 0 Å². The van der Waals surface area contributed by atoms with Crippen LogP contribution in [0, 0.1) is 6.92 Å². The van der Waals surface area contributed by atoms with Gasteiger partial charge in [-0.3, -0.25) is 0 Å². The Balaban J connectivity index is 1.50.